The van der Waals surface area contributed by atoms with Gasteiger partial charge >= 0.3 is 0 Å². The van der Waals surface area contributed by atoms with Crippen molar-refractivity contribution in [3.8, 4) is 0 Å². The van der Waals surface area contributed by atoms with Gasteiger partial charge in [0.2, 0.25) is 17.7 Å². The SMILES string of the molecule is O=C(CCN1C(=O)[C@@H]2[C@@H]3CC[C@@H](C3)[C@@H]2C1=O)Nc1ccc(Cl)cc1Cl. The van der Waals surface area contributed by atoms with E-state index in [1.807, 2.05) is 0 Å². The number of fused-ring (bicyclic) bond motifs is 5. The van der Waals surface area contributed by atoms with Crippen molar-refractivity contribution in [2.45, 2.75) is 25.7 Å². The van der Waals surface area contributed by atoms with Crippen LogP contribution in [0.2, 0.25) is 10.0 Å². The zero-order chi connectivity index (χ0) is 17.7. The molecule has 7 heteroatoms. The molecule has 1 N–H and O–H groups in total. The molecule has 1 aromatic rings. The largest absolute Gasteiger partial charge is 0.325 e. The minimum atomic E-state index is -0.287. The number of amides is 3. The maximum Gasteiger partial charge on any atom is 0.233 e. The first-order valence-electron chi connectivity index (χ1n) is 8.56. The number of carbonyl (C=O) groups excluding carboxylic acids is 3. The van der Waals surface area contributed by atoms with E-state index in [1.165, 1.54) is 4.90 Å². The van der Waals surface area contributed by atoms with Gasteiger partial charge in [-0.3, -0.25) is 19.3 Å². The third kappa shape index (κ3) is 2.83. The number of carbonyl (C=O) groups is 3. The number of anilines is 1. The van der Waals surface area contributed by atoms with Crippen LogP contribution in [0.3, 0.4) is 0 Å². The van der Waals surface area contributed by atoms with Crippen molar-refractivity contribution in [1.82, 2.24) is 4.90 Å². The Bertz CT molecular complexity index is 739. The molecule has 0 spiro atoms. The fourth-order valence-corrected chi connectivity index (χ4v) is 5.16. The number of nitrogens with one attached hydrogen (secondary N) is 1. The molecule has 0 radical (unpaired) electrons. The summed E-state index contributed by atoms with van der Waals surface area (Å²) in [7, 11) is 0. The Balaban J connectivity index is 1.37. The summed E-state index contributed by atoms with van der Waals surface area (Å²) >= 11 is 11.9. The number of benzene rings is 1. The van der Waals surface area contributed by atoms with Gasteiger partial charge < -0.3 is 5.32 Å². The minimum absolute atomic E-state index is 0.0607. The Kier molecular flexibility index (Phi) is 4.24. The van der Waals surface area contributed by atoms with E-state index >= 15 is 0 Å². The number of nitrogens with zero attached hydrogens (tertiary/aromatic N) is 1. The summed E-state index contributed by atoms with van der Waals surface area (Å²) in [5.74, 6) is -0.0137. The standard InChI is InChI=1S/C18H18Cl2N2O3/c19-11-3-4-13(12(20)8-11)21-14(23)5-6-22-17(24)15-9-1-2-10(7-9)16(15)18(22)25/h3-4,8-10,15-16H,1-2,5-7H2,(H,21,23)/t9-,10+,15-,16+. The normalized spacial score (nSPS) is 30.1. The van der Waals surface area contributed by atoms with E-state index in [9.17, 15) is 14.4 Å². The summed E-state index contributed by atoms with van der Waals surface area (Å²) in [4.78, 5) is 38.6. The average Bonchev–Trinajstić information content (AvgIpc) is 3.23. The lowest BCUT2D eigenvalue weighted by Gasteiger charge is -2.19. The molecule has 1 saturated heterocycles. The molecule has 2 saturated carbocycles. The van der Waals surface area contributed by atoms with Crippen molar-refractivity contribution >= 4 is 46.6 Å². The third-order valence-corrected chi connectivity index (χ3v) is 6.33. The van der Waals surface area contributed by atoms with Gasteiger partial charge in [-0.05, 0) is 49.3 Å². The molecule has 1 aliphatic heterocycles. The summed E-state index contributed by atoms with van der Waals surface area (Å²) in [6.45, 7) is 0.126. The van der Waals surface area contributed by atoms with E-state index in [4.69, 9.17) is 23.2 Å². The Morgan fingerprint density at radius 3 is 2.36 bits per heavy atom. The molecule has 3 amide bonds. The van der Waals surface area contributed by atoms with Crippen LogP contribution in [0.15, 0.2) is 18.2 Å². The summed E-state index contributed by atoms with van der Waals surface area (Å²) in [5.41, 5.74) is 0.463. The molecule has 1 aromatic carbocycles. The van der Waals surface area contributed by atoms with Crippen LogP contribution in [-0.2, 0) is 14.4 Å². The second-order valence-electron chi connectivity index (χ2n) is 7.14. The van der Waals surface area contributed by atoms with Crippen molar-refractivity contribution in [3.63, 3.8) is 0 Å². The molecule has 132 valence electrons. The maximum absolute atomic E-state index is 12.6. The van der Waals surface area contributed by atoms with Gasteiger partial charge in [0.1, 0.15) is 0 Å². The minimum Gasteiger partial charge on any atom is -0.325 e. The molecule has 25 heavy (non-hydrogen) atoms. The van der Waals surface area contributed by atoms with Crippen LogP contribution >= 0.6 is 23.2 Å². The van der Waals surface area contributed by atoms with Crippen molar-refractivity contribution in [1.29, 1.82) is 0 Å². The van der Waals surface area contributed by atoms with Crippen LogP contribution < -0.4 is 5.32 Å². The highest BCUT2D eigenvalue weighted by Crippen LogP contribution is 2.56. The van der Waals surface area contributed by atoms with Gasteiger partial charge in [-0.1, -0.05) is 23.2 Å². The molecular weight excluding hydrogens is 363 g/mol. The number of rotatable bonds is 4. The monoisotopic (exact) mass is 380 g/mol. The number of imide groups is 1. The van der Waals surface area contributed by atoms with Gasteiger partial charge in [-0.25, -0.2) is 0 Å². The molecular formula is C18H18Cl2N2O3. The van der Waals surface area contributed by atoms with Crippen LogP contribution in [0.1, 0.15) is 25.7 Å². The predicted molar refractivity (Wildman–Crippen MR) is 94.2 cm³/mol. The van der Waals surface area contributed by atoms with Crippen molar-refractivity contribution in [3.05, 3.63) is 28.2 Å². The zero-order valence-corrected chi connectivity index (χ0v) is 15.0. The quantitative estimate of drug-likeness (QED) is 0.814. The lowest BCUT2D eigenvalue weighted by molar-refractivity contribution is -0.140. The highest BCUT2D eigenvalue weighted by Gasteiger charge is 2.60. The summed E-state index contributed by atoms with van der Waals surface area (Å²) in [6, 6.07) is 4.80. The van der Waals surface area contributed by atoms with Crippen LogP contribution in [0, 0.1) is 23.7 Å². The number of likely N-dealkylation sites (tertiary alicyclic amines) is 1. The van der Waals surface area contributed by atoms with Crippen molar-refractivity contribution < 1.29 is 14.4 Å². The summed E-state index contributed by atoms with van der Waals surface area (Å²) < 4.78 is 0. The first kappa shape index (κ1) is 16.9. The molecule has 0 unspecified atom stereocenters. The van der Waals surface area contributed by atoms with Crippen LogP contribution in [0.4, 0.5) is 5.69 Å². The van der Waals surface area contributed by atoms with Gasteiger partial charge in [0.15, 0.2) is 0 Å². The number of halogens is 2. The van der Waals surface area contributed by atoms with Crippen LogP contribution in [0.5, 0.6) is 0 Å². The highest BCUT2D eigenvalue weighted by molar-refractivity contribution is 6.36. The topological polar surface area (TPSA) is 66.5 Å². The molecule has 4 rings (SSSR count). The van der Waals surface area contributed by atoms with Crippen molar-refractivity contribution in [2.24, 2.45) is 23.7 Å². The Morgan fingerprint density at radius 2 is 1.76 bits per heavy atom. The summed E-state index contributed by atoms with van der Waals surface area (Å²) in [6.07, 6.45) is 3.17. The second kappa shape index (κ2) is 6.29. The predicted octanol–water partition coefficient (Wildman–Crippen LogP) is 3.35. The van der Waals surface area contributed by atoms with Crippen LogP contribution in [0.25, 0.3) is 0 Å². The Labute approximate surface area is 155 Å². The lowest BCUT2D eigenvalue weighted by Crippen LogP contribution is -2.35. The molecule has 3 aliphatic rings. The smallest absolute Gasteiger partial charge is 0.233 e. The first-order chi connectivity index (χ1) is 12.0. The molecule has 2 aliphatic carbocycles. The van der Waals surface area contributed by atoms with Crippen molar-refractivity contribution in [2.75, 3.05) is 11.9 Å². The average molecular weight is 381 g/mol. The first-order valence-corrected chi connectivity index (χ1v) is 9.31. The molecule has 4 atom stereocenters. The van der Waals surface area contributed by atoms with Crippen LogP contribution in [-0.4, -0.2) is 29.2 Å². The zero-order valence-electron chi connectivity index (χ0n) is 13.5. The molecule has 1 heterocycles. The molecule has 5 nitrogen and oxygen atoms in total. The molecule has 3 fully saturated rings. The van der Waals surface area contributed by atoms with E-state index in [-0.39, 0.29) is 42.5 Å². The van der Waals surface area contributed by atoms with Gasteiger partial charge in [0, 0.05) is 18.0 Å². The van der Waals surface area contributed by atoms with E-state index < -0.39 is 0 Å². The highest BCUT2D eigenvalue weighted by atomic mass is 35.5. The Morgan fingerprint density at radius 1 is 1.12 bits per heavy atom. The van der Waals surface area contributed by atoms with Gasteiger partial charge in [-0.2, -0.15) is 0 Å². The Hall–Kier alpha value is -1.59. The van der Waals surface area contributed by atoms with Gasteiger partial charge in [0.05, 0.1) is 22.5 Å². The van der Waals surface area contributed by atoms with E-state index in [0.29, 0.717) is 27.6 Å². The van der Waals surface area contributed by atoms with Gasteiger partial charge in [-0.15, -0.1) is 0 Å². The summed E-state index contributed by atoms with van der Waals surface area (Å²) in [5, 5.41) is 3.52. The third-order valence-electron chi connectivity index (χ3n) is 5.79. The van der Waals surface area contributed by atoms with E-state index in [1.54, 1.807) is 18.2 Å². The number of hydrogen-bond donors (Lipinski definition) is 1. The second-order valence-corrected chi connectivity index (χ2v) is 7.98. The molecule has 0 aromatic heterocycles. The molecule has 2 bridgehead atoms. The van der Waals surface area contributed by atoms with E-state index in [2.05, 4.69) is 5.32 Å². The number of hydrogen-bond acceptors (Lipinski definition) is 3. The fraction of sp³-hybridized carbons (Fsp3) is 0.500. The fourth-order valence-electron chi connectivity index (χ4n) is 4.71. The van der Waals surface area contributed by atoms with Gasteiger partial charge in [0.25, 0.3) is 0 Å². The maximum atomic E-state index is 12.6. The lowest BCUT2D eigenvalue weighted by atomic mass is 9.81. The van der Waals surface area contributed by atoms with E-state index in [0.717, 1.165) is 19.3 Å².